The van der Waals surface area contributed by atoms with Gasteiger partial charge in [0.05, 0.1) is 13.2 Å². The average Bonchev–Trinajstić information content (AvgIpc) is 2.49. The number of aliphatic carboxylic acids is 1. The number of esters is 1. The number of benzene rings is 1. The number of ether oxygens (including phenoxy) is 2. The maximum Gasteiger partial charge on any atom is 0.330 e. The first-order chi connectivity index (χ1) is 10.1. The number of rotatable bonds is 9. The van der Waals surface area contributed by atoms with Gasteiger partial charge in [-0.25, -0.2) is 9.59 Å². The van der Waals surface area contributed by atoms with Gasteiger partial charge in [-0.1, -0.05) is 18.7 Å². The molecule has 1 rings (SSSR count). The van der Waals surface area contributed by atoms with E-state index in [4.69, 9.17) is 14.6 Å². The van der Waals surface area contributed by atoms with Crippen molar-refractivity contribution in [2.24, 2.45) is 0 Å². The van der Waals surface area contributed by atoms with Crippen LogP contribution in [0.2, 0.25) is 0 Å². The van der Waals surface area contributed by atoms with E-state index < -0.39 is 11.9 Å². The molecule has 0 spiro atoms. The molecule has 0 saturated heterocycles. The van der Waals surface area contributed by atoms with Crippen LogP contribution in [0.5, 0.6) is 5.75 Å². The SMILES string of the molecule is C=CC(=O)OCCCCOc1ccc(C=CC(=O)O)cc1. The lowest BCUT2D eigenvalue weighted by Gasteiger charge is -2.06. The molecule has 5 heteroatoms. The smallest absolute Gasteiger partial charge is 0.330 e. The molecule has 0 aliphatic heterocycles. The summed E-state index contributed by atoms with van der Waals surface area (Å²) in [7, 11) is 0. The normalized spacial score (nSPS) is 10.3. The standard InChI is InChI=1S/C16H18O5/c1-2-16(19)21-12-4-3-11-20-14-8-5-13(6-9-14)7-10-15(17)18/h2,5-10H,1,3-4,11-12H2,(H,17,18). The number of hydrogen-bond acceptors (Lipinski definition) is 4. The molecule has 0 fully saturated rings. The zero-order chi connectivity index (χ0) is 15.5. The third-order valence-electron chi connectivity index (χ3n) is 2.52. The molecule has 0 bridgehead atoms. The van der Waals surface area contributed by atoms with Crippen LogP contribution in [0.4, 0.5) is 0 Å². The van der Waals surface area contributed by atoms with Gasteiger partial charge in [0.15, 0.2) is 0 Å². The van der Waals surface area contributed by atoms with E-state index >= 15 is 0 Å². The minimum Gasteiger partial charge on any atom is -0.494 e. The first kappa shape index (κ1) is 16.5. The Hall–Kier alpha value is -2.56. The van der Waals surface area contributed by atoms with Crippen molar-refractivity contribution in [3.8, 4) is 5.75 Å². The van der Waals surface area contributed by atoms with E-state index in [1.165, 1.54) is 6.08 Å². The highest BCUT2D eigenvalue weighted by Gasteiger charge is 1.97. The van der Waals surface area contributed by atoms with Crippen LogP contribution in [0.15, 0.2) is 43.0 Å². The number of unbranched alkanes of at least 4 members (excludes halogenated alkanes) is 1. The van der Waals surface area contributed by atoms with E-state index in [-0.39, 0.29) is 0 Å². The van der Waals surface area contributed by atoms with Crippen molar-refractivity contribution >= 4 is 18.0 Å². The summed E-state index contributed by atoms with van der Waals surface area (Å²) in [6.07, 6.45) is 5.22. The summed E-state index contributed by atoms with van der Waals surface area (Å²) in [5.74, 6) is -0.682. The van der Waals surface area contributed by atoms with E-state index in [2.05, 4.69) is 6.58 Å². The monoisotopic (exact) mass is 290 g/mol. The summed E-state index contributed by atoms with van der Waals surface area (Å²) in [4.78, 5) is 21.2. The van der Waals surface area contributed by atoms with Crippen molar-refractivity contribution < 1.29 is 24.2 Å². The third-order valence-corrected chi connectivity index (χ3v) is 2.52. The van der Waals surface area contributed by atoms with Gasteiger partial charge < -0.3 is 14.6 Å². The van der Waals surface area contributed by atoms with Crippen LogP contribution in [0, 0.1) is 0 Å². The van der Waals surface area contributed by atoms with Crippen molar-refractivity contribution in [1.29, 1.82) is 0 Å². The average molecular weight is 290 g/mol. The van der Waals surface area contributed by atoms with Crippen LogP contribution in [0.1, 0.15) is 18.4 Å². The molecule has 1 N–H and O–H groups in total. The zero-order valence-corrected chi connectivity index (χ0v) is 11.7. The van der Waals surface area contributed by atoms with Gasteiger partial charge in [0.2, 0.25) is 0 Å². The highest BCUT2D eigenvalue weighted by molar-refractivity contribution is 5.85. The number of carboxylic acids is 1. The minimum absolute atomic E-state index is 0.354. The number of carbonyl (C=O) groups excluding carboxylic acids is 1. The van der Waals surface area contributed by atoms with Crippen molar-refractivity contribution in [3.63, 3.8) is 0 Å². The fraction of sp³-hybridized carbons (Fsp3) is 0.250. The number of carbonyl (C=O) groups is 2. The number of hydrogen-bond donors (Lipinski definition) is 1. The van der Waals surface area contributed by atoms with Gasteiger partial charge in [0, 0.05) is 12.2 Å². The van der Waals surface area contributed by atoms with Crippen molar-refractivity contribution in [3.05, 3.63) is 48.6 Å². The Morgan fingerprint density at radius 2 is 1.81 bits per heavy atom. The fourth-order valence-corrected chi connectivity index (χ4v) is 1.47. The molecule has 1 aromatic rings. The molecule has 21 heavy (non-hydrogen) atoms. The molecule has 0 unspecified atom stereocenters. The predicted molar refractivity (Wildman–Crippen MR) is 79.0 cm³/mol. The lowest BCUT2D eigenvalue weighted by atomic mass is 10.2. The molecule has 0 aliphatic carbocycles. The minimum atomic E-state index is -0.979. The molecule has 0 aliphatic rings. The largest absolute Gasteiger partial charge is 0.494 e. The summed E-state index contributed by atoms with van der Waals surface area (Å²) in [6, 6.07) is 7.11. The first-order valence-electron chi connectivity index (χ1n) is 6.55. The van der Waals surface area contributed by atoms with Gasteiger partial charge >= 0.3 is 11.9 Å². The topological polar surface area (TPSA) is 72.8 Å². The van der Waals surface area contributed by atoms with Crippen LogP contribution in [-0.2, 0) is 14.3 Å². The second-order valence-corrected chi connectivity index (χ2v) is 4.17. The summed E-state index contributed by atoms with van der Waals surface area (Å²) >= 11 is 0. The first-order valence-corrected chi connectivity index (χ1v) is 6.55. The second kappa shape index (κ2) is 9.36. The Morgan fingerprint density at radius 3 is 2.43 bits per heavy atom. The quantitative estimate of drug-likeness (QED) is 0.430. The van der Waals surface area contributed by atoms with Crippen LogP contribution < -0.4 is 4.74 Å². The Labute approximate surface area is 123 Å². The molecule has 0 aromatic heterocycles. The Balaban J connectivity index is 2.22. The summed E-state index contributed by atoms with van der Waals surface area (Å²) in [6.45, 7) is 4.19. The summed E-state index contributed by atoms with van der Waals surface area (Å²) < 4.78 is 10.4. The van der Waals surface area contributed by atoms with Gasteiger partial charge in [-0.2, -0.15) is 0 Å². The van der Waals surface area contributed by atoms with E-state index in [0.29, 0.717) is 19.0 Å². The van der Waals surface area contributed by atoms with Crippen molar-refractivity contribution in [2.75, 3.05) is 13.2 Å². The van der Waals surface area contributed by atoms with Crippen LogP contribution in [-0.4, -0.2) is 30.3 Å². The van der Waals surface area contributed by atoms with E-state index in [9.17, 15) is 9.59 Å². The van der Waals surface area contributed by atoms with Gasteiger partial charge in [-0.15, -0.1) is 0 Å². The lowest BCUT2D eigenvalue weighted by Crippen LogP contribution is -2.04. The molecule has 0 atom stereocenters. The molecule has 1 aromatic carbocycles. The summed E-state index contributed by atoms with van der Waals surface area (Å²) in [5.41, 5.74) is 0.793. The van der Waals surface area contributed by atoms with E-state index in [1.807, 2.05) is 0 Å². The van der Waals surface area contributed by atoms with Gasteiger partial charge in [-0.3, -0.25) is 0 Å². The Bertz CT molecular complexity index is 502. The Kier molecular flexibility index (Phi) is 7.35. The van der Waals surface area contributed by atoms with Gasteiger partial charge in [-0.05, 0) is 36.6 Å². The molecule has 112 valence electrons. The molecule has 0 amide bonds. The maximum atomic E-state index is 10.8. The third kappa shape index (κ3) is 7.57. The molecule has 0 radical (unpaired) electrons. The van der Waals surface area contributed by atoms with Gasteiger partial charge in [0.25, 0.3) is 0 Å². The van der Waals surface area contributed by atoms with Crippen molar-refractivity contribution in [1.82, 2.24) is 0 Å². The molecule has 0 saturated carbocycles. The molecular formula is C16H18O5. The number of carboxylic acid groups (broad SMARTS) is 1. The maximum absolute atomic E-state index is 10.8. The van der Waals surface area contributed by atoms with Crippen molar-refractivity contribution in [2.45, 2.75) is 12.8 Å². The van der Waals surface area contributed by atoms with E-state index in [0.717, 1.165) is 30.6 Å². The highest BCUT2D eigenvalue weighted by Crippen LogP contribution is 2.13. The molecule has 0 heterocycles. The summed E-state index contributed by atoms with van der Waals surface area (Å²) in [5, 5.41) is 8.52. The zero-order valence-electron chi connectivity index (χ0n) is 11.7. The predicted octanol–water partition coefficient (Wildman–Crippen LogP) is 2.67. The fourth-order valence-electron chi connectivity index (χ4n) is 1.47. The van der Waals surface area contributed by atoms with Crippen LogP contribution >= 0.6 is 0 Å². The van der Waals surface area contributed by atoms with E-state index in [1.54, 1.807) is 24.3 Å². The van der Waals surface area contributed by atoms with Crippen LogP contribution in [0.3, 0.4) is 0 Å². The van der Waals surface area contributed by atoms with Gasteiger partial charge in [0.1, 0.15) is 5.75 Å². The molecule has 5 nitrogen and oxygen atoms in total. The second-order valence-electron chi connectivity index (χ2n) is 4.17. The lowest BCUT2D eigenvalue weighted by molar-refractivity contribution is -0.138. The Morgan fingerprint density at radius 1 is 1.14 bits per heavy atom. The molecular weight excluding hydrogens is 272 g/mol. The highest BCUT2D eigenvalue weighted by atomic mass is 16.5. The van der Waals surface area contributed by atoms with Crippen LogP contribution in [0.25, 0.3) is 6.08 Å².